The first-order valence-corrected chi connectivity index (χ1v) is 5.97. The molecule has 15 heavy (non-hydrogen) atoms. The Bertz CT molecular complexity index is 448. The standard InChI is InChI=1S/C10H9N3S2/c11-10(12)7-3-4-8(13-6-7)15-9-2-1-5-14-9/h1-6H,(H3,11,12). The van der Waals surface area contributed by atoms with Gasteiger partial charge in [-0.3, -0.25) is 5.41 Å². The smallest absolute Gasteiger partial charge is 0.124 e. The predicted octanol–water partition coefficient (Wildman–Crippen LogP) is 2.58. The molecule has 2 heterocycles. The number of nitrogens with two attached hydrogens (primary N) is 1. The van der Waals surface area contributed by atoms with Crippen molar-refractivity contribution in [3.8, 4) is 0 Å². The Balaban J connectivity index is 2.14. The Labute approximate surface area is 95.9 Å². The number of nitrogen functional groups attached to an aromatic ring is 1. The number of thiophene rings is 1. The Morgan fingerprint density at radius 1 is 1.40 bits per heavy atom. The Morgan fingerprint density at radius 2 is 2.27 bits per heavy atom. The number of aromatic nitrogens is 1. The number of hydrogen-bond donors (Lipinski definition) is 2. The minimum atomic E-state index is 0.0511. The van der Waals surface area contributed by atoms with Crippen molar-refractivity contribution in [2.75, 3.05) is 0 Å². The third-order valence-electron chi connectivity index (χ3n) is 1.75. The molecule has 3 nitrogen and oxygen atoms in total. The predicted molar refractivity (Wildman–Crippen MR) is 63.7 cm³/mol. The molecule has 2 rings (SSSR count). The fourth-order valence-corrected chi connectivity index (χ4v) is 2.68. The fourth-order valence-electron chi connectivity index (χ4n) is 1.02. The number of nitrogens with zero attached hydrogens (tertiary/aromatic N) is 1. The van der Waals surface area contributed by atoms with E-state index in [1.807, 2.05) is 23.6 Å². The average Bonchev–Trinajstić information content (AvgIpc) is 2.71. The van der Waals surface area contributed by atoms with Crippen molar-refractivity contribution in [1.29, 1.82) is 5.41 Å². The van der Waals surface area contributed by atoms with Crippen LogP contribution in [-0.2, 0) is 0 Å². The topological polar surface area (TPSA) is 62.8 Å². The van der Waals surface area contributed by atoms with Crippen molar-refractivity contribution in [3.05, 3.63) is 41.4 Å². The van der Waals surface area contributed by atoms with Gasteiger partial charge >= 0.3 is 0 Å². The summed E-state index contributed by atoms with van der Waals surface area (Å²) in [6.45, 7) is 0. The van der Waals surface area contributed by atoms with E-state index in [9.17, 15) is 0 Å². The number of amidine groups is 1. The van der Waals surface area contributed by atoms with Crippen LogP contribution in [0.2, 0.25) is 0 Å². The number of rotatable bonds is 3. The maximum Gasteiger partial charge on any atom is 0.124 e. The summed E-state index contributed by atoms with van der Waals surface area (Å²) in [5.41, 5.74) is 6.00. The van der Waals surface area contributed by atoms with Crippen molar-refractivity contribution in [2.24, 2.45) is 5.73 Å². The van der Waals surface area contributed by atoms with Gasteiger partial charge in [0.15, 0.2) is 0 Å². The zero-order chi connectivity index (χ0) is 10.7. The van der Waals surface area contributed by atoms with Crippen molar-refractivity contribution >= 4 is 28.9 Å². The largest absolute Gasteiger partial charge is 0.384 e. The van der Waals surface area contributed by atoms with Crippen LogP contribution >= 0.6 is 23.1 Å². The van der Waals surface area contributed by atoms with Crippen LogP contribution in [-0.4, -0.2) is 10.8 Å². The normalized spacial score (nSPS) is 10.1. The first-order valence-electron chi connectivity index (χ1n) is 4.27. The van der Waals surface area contributed by atoms with Crippen molar-refractivity contribution in [1.82, 2.24) is 4.98 Å². The molecule has 0 aromatic carbocycles. The van der Waals surface area contributed by atoms with Crippen LogP contribution in [0.5, 0.6) is 0 Å². The van der Waals surface area contributed by atoms with Crippen LogP contribution < -0.4 is 5.73 Å². The van der Waals surface area contributed by atoms with Crippen molar-refractivity contribution in [2.45, 2.75) is 9.24 Å². The third kappa shape index (κ3) is 2.57. The number of nitrogens with one attached hydrogen (secondary N) is 1. The summed E-state index contributed by atoms with van der Waals surface area (Å²) in [7, 11) is 0. The first-order chi connectivity index (χ1) is 7.25. The lowest BCUT2D eigenvalue weighted by molar-refractivity contribution is 1.13. The van der Waals surface area contributed by atoms with Crippen molar-refractivity contribution < 1.29 is 0 Å². The zero-order valence-corrected chi connectivity index (χ0v) is 9.44. The molecule has 0 aliphatic rings. The molecule has 0 bridgehead atoms. The molecule has 0 amide bonds. The molecule has 0 unspecified atom stereocenters. The molecule has 0 radical (unpaired) electrons. The van der Waals surface area contributed by atoms with Gasteiger partial charge in [0, 0.05) is 11.8 Å². The lowest BCUT2D eigenvalue weighted by atomic mass is 10.3. The third-order valence-corrected chi connectivity index (χ3v) is 3.74. The minimum Gasteiger partial charge on any atom is -0.384 e. The summed E-state index contributed by atoms with van der Waals surface area (Å²) < 4.78 is 1.21. The molecule has 0 aliphatic heterocycles. The molecule has 2 aromatic heterocycles. The quantitative estimate of drug-likeness (QED) is 0.635. The van der Waals surface area contributed by atoms with E-state index in [-0.39, 0.29) is 5.84 Å². The summed E-state index contributed by atoms with van der Waals surface area (Å²) >= 11 is 3.30. The minimum absolute atomic E-state index is 0.0511. The molecule has 0 atom stereocenters. The summed E-state index contributed by atoms with van der Waals surface area (Å²) in [6, 6.07) is 7.75. The molecular weight excluding hydrogens is 226 g/mol. The van der Waals surface area contributed by atoms with Crippen LogP contribution in [0.1, 0.15) is 5.56 Å². The highest BCUT2D eigenvalue weighted by Crippen LogP contribution is 2.29. The second kappa shape index (κ2) is 4.46. The van der Waals surface area contributed by atoms with E-state index in [1.54, 1.807) is 29.3 Å². The van der Waals surface area contributed by atoms with E-state index < -0.39 is 0 Å². The van der Waals surface area contributed by atoms with Gasteiger partial charge in [-0.15, -0.1) is 11.3 Å². The maximum atomic E-state index is 7.24. The van der Waals surface area contributed by atoms with Crippen LogP contribution in [0, 0.1) is 5.41 Å². The van der Waals surface area contributed by atoms with Crippen molar-refractivity contribution in [3.63, 3.8) is 0 Å². The van der Waals surface area contributed by atoms with Gasteiger partial charge < -0.3 is 5.73 Å². The van der Waals surface area contributed by atoms with Crippen LogP contribution in [0.4, 0.5) is 0 Å². The van der Waals surface area contributed by atoms with Gasteiger partial charge in [-0.1, -0.05) is 17.8 Å². The highest BCUT2D eigenvalue weighted by Gasteiger charge is 2.01. The number of hydrogen-bond acceptors (Lipinski definition) is 4. The molecule has 0 spiro atoms. The summed E-state index contributed by atoms with van der Waals surface area (Å²) in [5.74, 6) is 0.0511. The molecule has 3 N–H and O–H groups in total. The molecular formula is C10H9N3S2. The van der Waals surface area contributed by atoms with Gasteiger partial charge in [0.1, 0.15) is 10.9 Å². The number of pyridine rings is 1. The van der Waals surface area contributed by atoms with E-state index in [0.29, 0.717) is 5.56 Å². The lowest BCUT2D eigenvalue weighted by Crippen LogP contribution is -2.10. The van der Waals surface area contributed by atoms with Gasteiger partial charge in [-0.25, -0.2) is 4.98 Å². The molecule has 0 fully saturated rings. The summed E-state index contributed by atoms with van der Waals surface area (Å²) in [6.07, 6.45) is 1.62. The van der Waals surface area contributed by atoms with Gasteiger partial charge in [0.05, 0.1) is 4.21 Å². The maximum absolute atomic E-state index is 7.24. The van der Waals surface area contributed by atoms with Crippen LogP contribution in [0.25, 0.3) is 0 Å². The SMILES string of the molecule is N=C(N)c1ccc(Sc2cccs2)nc1. The Morgan fingerprint density at radius 3 is 2.80 bits per heavy atom. The lowest BCUT2D eigenvalue weighted by Gasteiger charge is -1.99. The van der Waals surface area contributed by atoms with E-state index in [2.05, 4.69) is 11.1 Å². The second-order valence-corrected chi connectivity index (χ2v) is 5.10. The molecule has 5 heteroatoms. The molecule has 0 saturated heterocycles. The van der Waals surface area contributed by atoms with Gasteiger partial charge in [0.2, 0.25) is 0 Å². The van der Waals surface area contributed by atoms with Gasteiger partial charge in [-0.05, 0) is 23.6 Å². The van der Waals surface area contributed by atoms with E-state index in [0.717, 1.165) is 5.03 Å². The molecule has 76 valence electrons. The first kappa shape index (κ1) is 10.2. The highest BCUT2D eigenvalue weighted by atomic mass is 32.2. The van der Waals surface area contributed by atoms with Crippen LogP contribution in [0.15, 0.2) is 45.1 Å². The van der Waals surface area contributed by atoms with Crippen LogP contribution in [0.3, 0.4) is 0 Å². The Hall–Kier alpha value is -1.33. The fraction of sp³-hybridized carbons (Fsp3) is 0. The van der Waals surface area contributed by atoms with Gasteiger partial charge in [0.25, 0.3) is 0 Å². The van der Waals surface area contributed by atoms with E-state index in [4.69, 9.17) is 11.1 Å². The highest BCUT2D eigenvalue weighted by molar-refractivity contribution is 8.01. The summed E-state index contributed by atoms with van der Waals surface area (Å²) in [4.78, 5) is 4.22. The summed E-state index contributed by atoms with van der Waals surface area (Å²) in [5, 5.41) is 10.2. The van der Waals surface area contributed by atoms with Gasteiger partial charge in [-0.2, -0.15) is 0 Å². The van der Waals surface area contributed by atoms with E-state index in [1.165, 1.54) is 4.21 Å². The zero-order valence-electron chi connectivity index (χ0n) is 7.81. The molecule has 2 aromatic rings. The monoisotopic (exact) mass is 235 g/mol. The molecule has 0 saturated carbocycles. The second-order valence-electron chi connectivity index (χ2n) is 2.83. The molecule has 0 aliphatic carbocycles. The van der Waals surface area contributed by atoms with E-state index >= 15 is 0 Å². The Kier molecular flexibility index (Phi) is 3.03. The average molecular weight is 235 g/mol.